The molecule has 0 aliphatic carbocycles. The van der Waals surface area contributed by atoms with E-state index in [1.807, 2.05) is 0 Å². The van der Waals surface area contributed by atoms with E-state index in [2.05, 4.69) is 26.3 Å². The Bertz CT molecular complexity index is 311. The van der Waals surface area contributed by atoms with Gasteiger partial charge in [0.1, 0.15) is 0 Å². The molecule has 0 aliphatic rings. The molecule has 0 bridgehead atoms. The van der Waals surface area contributed by atoms with Crippen molar-refractivity contribution >= 4 is 0 Å². The first-order valence-corrected chi connectivity index (χ1v) is 6.12. The molecular formula is C14H24N2O4. The Balaban J connectivity index is 4.49. The van der Waals surface area contributed by atoms with Gasteiger partial charge in [-0.2, -0.15) is 0 Å². The summed E-state index contributed by atoms with van der Waals surface area (Å²) in [6.45, 7) is 15.4. The summed E-state index contributed by atoms with van der Waals surface area (Å²) < 4.78 is 0. The molecule has 0 atom stereocenters. The van der Waals surface area contributed by atoms with Crippen molar-refractivity contribution < 1.29 is 20.4 Å². The minimum Gasteiger partial charge on any atom is -0.512 e. The molecule has 0 aliphatic heterocycles. The van der Waals surface area contributed by atoms with Crippen LogP contribution in [0.3, 0.4) is 0 Å². The van der Waals surface area contributed by atoms with Crippen molar-refractivity contribution in [3.8, 4) is 0 Å². The molecule has 0 heterocycles. The highest BCUT2D eigenvalue weighted by Gasteiger charge is 2.12. The van der Waals surface area contributed by atoms with Crippen LogP contribution >= 0.6 is 0 Å². The predicted molar refractivity (Wildman–Crippen MR) is 80.0 cm³/mol. The first-order chi connectivity index (χ1) is 9.20. The number of hydrogen-bond acceptors (Lipinski definition) is 6. The summed E-state index contributed by atoms with van der Waals surface area (Å²) in [7, 11) is 0. The first kappa shape index (κ1) is 18.1. The molecule has 6 nitrogen and oxygen atoms in total. The lowest BCUT2D eigenvalue weighted by molar-refractivity contribution is 0.182. The monoisotopic (exact) mass is 284 g/mol. The number of nitrogens with zero attached hydrogens (tertiary/aromatic N) is 2. The average Bonchev–Trinajstić information content (AvgIpc) is 2.22. The highest BCUT2D eigenvalue weighted by molar-refractivity contribution is 4.93. The second-order valence-electron chi connectivity index (χ2n) is 4.69. The molecule has 0 saturated heterocycles. The maximum atomic E-state index is 9.22. The van der Waals surface area contributed by atoms with Gasteiger partial charge in [0.25, 0.3) is 0 Å². The van der Waals surface area contributed by atoms with E-state index < -0.39 is 0 Å². The van der Waals surface area contributed by atoms with Crippen LogP contribution in [0, 0.1) is 0 Å². The lowest BCUT2D eigenvalue weighted by Crippen LogP contribution is -2.38. The van der Waals surface area contributed by atoms with Crippen LogP contribution in [0.1, 0.15) is 0 Å². The van der Waals surface area contributed by atoms with Crippen LogP contribution in [0.15, 0.2) is 49.4 Å². The van der Waals surface area contributed by atoms with E-state index in [1.165, 1.54) is 0 Å². The normalized spacial score (nSPS) is 10.7. The maximum Gasteiger partial charge on any atom is 0.0991 e. The lowest BCUT2D eigenvalue weighted by atomic mass is 10.3. The van der Waals surface area contributed by atoms with E-state index in [1.54, 1.807) is 9.80 Å². The molecule has 0 amide bonds. The Labute approximate surface area is 119 Å². The van der Waals surface area contributed by atoms with Crippen LogP contribution in [-0.2, 0) is 0 Å². The van der Waals surface area contributed by atoms with Gasteiger partial charge in [0, 0.05) is 13.1 Å². The zero-order valence-corrected chi connectivity index (χ0v) is 11.8. The van der Waals surface area contributed by atoms with Gasteiger partial charge < -0.3 is 20.4 Å². The number of rotatable bonds is 11. The lowest BCUT2D eigenvalue weighted by Gasteiger charge is -2.26. The van der Waals surface area contributed by atoms with Crippen LogP contribution < -0.4 is 0 Å². The van der Waals surface area contributed by atoms with Gasteiger partial charge in [-0.1, -0.05) is 26.3 Å². The van der Waals surface area contributed by atoms with Crippen molar-refractivity contribution in [1.29, 1.82) is 0 Å². The molecule has 114 valence electrons. The Kier molecular flexibility index (Phi) is 8.19. The fraction of sp³-hybridized carbons (Fsp3) is 0.429. The molecule has 0 unspecified atom stereocenters. The highest BCUT2D eigenvalue weighted by atomic mass is 16.3. The molecule has 0 aromatic heterocycles. The van der Waals surface area contributed by atoms with Crippen molar-refractivity contribution in [3.63, 3.8) is 0 Å². The zero-order valence-electron chi connectivity index (χ0n) is 11.8. The molecule has 0 rings (SSSR count). The van der Waals surface area contributed by atoms with Gasteiger partial charge >= 0.3 is 0 Å². The molecule has 4 N–H and O–H groups in total. The molecule has 0 aromatic carbocycles. The van der Waals surface area contributed by atoms with Gasteiger partial charge in [0.05, 0.1) is 49.2 Å². The molecule has 0 aromatic rings. The van der Waals surface area contributed by atoms with E-state index >= 15 is 0 Å². The van der Waals surface area contributed by atoms with E-state index in [0.29, 0.717) is 13.1 Å². The highest BCUT2D eigenvalue weighted by Crippen LogP contribution is 2.02. The van der Waals surface area contributed by atoms with E-state index in [0.717, 1.165) is 0 Å². The summed E-state index contributed by atoms with van der Waals surface area (Å²) in [5.74, 6) is -0.0706. The minimum absolute atomic E-state index is 0.0177. The summed E-state index contributed by atoms with van der Waals surface area (Å²) in [6.07, 6.45) is 0. The van der Waals surface area contributed by atoms with Gasteiger partial charge in [0.2, 0.25) is 0 Å². The first-order valence-electron chi connectivity index (χ1n) is 6.12. The SMILES string of the molecule is C=C(O)CN(CCN(CC(=C)O)CC(=C)O)CC(=C)O. The van der Waals surface area contributed by atoms with Crippen molar-refractivity contribution in [3.05, 3.63) is 49.4 Å². The molecule has 0 spiro atoms. The van der Waals surface area contributed by atoms with Gasteiger partial charge in [-0.25, -0.2) is 0 Å². The molecule has 0 saturated carbocycles. The van der Waals surface area contributed by atoms with Gasteiger partial charge in [-0.05, 0) is 0 Å². The largest absolute Gasteiger partial charge is 0.512 e. The second kappa shape index (κ2) is 9.06. The predicted octanol–water partition coefficient (Wildman–Crippen LogP) is 1.88. The quantitative estimate of drug-likeness (QED) is 0.433. The molecular weight excluding hydrogens is 260 g/mol. The second-order valence-corrected chi connectivity index (χ2v) is 4.69. The Morgan fingerprint density at radius 2 is 0.750 bits per heavy atom. The van der Waals surface area contributed by atoms with E-state index in [4.69, 9.17) is 0 Å². The fourth-order valence-electron chi connectivity index (χ4n) is 1.74. The third-order valence-electron chi connectivity index (χ3n) is 2.36. The Morgan fingerprint density at radius 1 is 0.550 bits per heavy atom. The average molecular weight is 284 g/mol. The van der Waals surface area contributed by atoms with Crippen LogP contribution in [-0.4, -0.2) is 69.5 Å². The molecule has 0 radical (unpaired) electrons. The van der Waals surface area contributed by atoms with Gasteiger partial charge in [-0.15, -0.1) is 0 Å². The number of aliphatic hydroxyl groups excluding tert-OH is 4. The smallest absolute Gasteiger partial charge is 0.0991 e. The number of hydrogen-bond donors (Lipinski definition) is 4. The Hall–Kier alpha value is -1.92. The molecule has 0 fully saturated rings. The standard InChI is InChI=1S/C14H24N2O4/c1-11(17)7-15(8-12(2)18)5-6-16(9-13(3)19)10-14(4)20/h17-20H,1-10H2. The van der Waals surface area contributed by atoms with Gasteiger partial charge in [0.15, 0.2) is 0 Å². The molecule has 6 heteroatoms. The van der Waals surface area contributed by atoms with Crippen molar-refractivity contribution in [2.45, 2.75) is 0 Å². The van der Waals surface area contributed by atoms with Crippen molar-refractivity contribution in [1.82, 2.24) is 9.80 Å². The van der Waals surface area contributed by atoms with E-state index in [9.17, 15) is 20.4 Å². The Morgan fingerprint density at radius 3 is 0.900 bits per heavy atom. The fourth-order valence-corrected chi connectivity index (χ4v) is 1.74. The third kappa shape index (κ3) is 10.0. The summed E-state index contributed by atoms with van der Waals surface area (Å²) in [5.41, 5.74) is 0. The number of aliphatic hydroxyl groups is 4. The minimum atomic E-state index is -0.0177. The van der Waals surface area contributed by atoms with Crippen LogP contribution in [0.5, 0.6) is 0 Å². The zero-order chi connectivity index (χ0) is 15.7. The third-order valence-corrected chi connectivity index (χ3v) is 2.36. The van der Waals surface area contributed by atoms with Crippen LogP contribution in [0.4, 0.5) is 0 Å². The maximum absolute atomic E-state index is 9.22. The van der Waals surface area contributed by atoms with Gasteiger partial charge in [-0.3, -0.25) is 9.80 Å². The summed E-state index contributed by atoms with van der Waals surface area (Å²) in [6, 6.07) is 0. The topological polar surface area (TPSA) is 87.4 Å². The van der Waals surface area contributed by atoms with Crippen LogP contribution in [0.25, 0.3) is 0 Å². The van der Waals surface area contributed by atoms with Crippen molar-refractivity contribution in [2.24, 2.45) is 0 Å². The van der Waals surface area contributed by atoms with E-state index in [-0.39, 0.29) is 49.2 Å². The summed E-state index contributed by atoms with van der Waals surface area (Å²) in [5, 5.41) is 36.9. The van der Waals surface area contributed by atoms with Crippen molar-refractivity contribution in [2.75, 3.05) is 39.3 Å². The van der Waals surface area contributed by atoms with Crippen LogP contribution in [0.2, 0.25) is 0 Å². The summed E-state index contributed by atoms with van der Waals surface area (Å²) in [4.78, 5) is 3.47. The summed E-state index contributed by atoms with van der Waals surface area (Å²) >= 11 is 0. The molecule has 20 heavy (non-hydrogen) atoms.